The fourth-order valence-corrected chi connectivity index (χ4v) is 7.37. The second kappa shape index (κ2) is 13.5. The van der Waals surface area contributed by atoms with Crippen LogP contribution < -0.4 is 10.6 Å². The fourth-order valence-electron chi connectivity index (χ4n) is 7.37. The summed E-state index contributed by atoms with van der Waals surface area (Å²) in [6.45, 7) is 17.9. The maximum Gasteiger partial charge on any atom is 0.410 e. The maximum absolute atomic E-state index is 14.5. The number of primary amides is 1. The second-order valence-electron chi connectivity index (χ2n) is 15.6. The molecule has 0 unspecified atom stereocenters. The Morgan fingerprint density at radius 2 is 1.80 bits per heavy atom. The molecule has 2 fully saturated rings. The van der Waals surface area contributed by atoms with E-state index < -0.39 is 16.9 Å². The van der Waals surface area contributed by atoms with Gasteiger partial charge in [-0.05, 0) is 58.4 Å². The number of anilines is 1. The van der Waals surface area contributed by atoms with E-state index in [9.17, 15) is 18.8 Å². The number of hydrogen-bond acceptors (Lipinski definition) is 9. The molecule has 0 spiro atoms. The van der Waals surface area contributed by atoms with E-state index in [1.54, 1.807) is 26.4 Å². The number of hydrogen-bond donors (Lipinski definition) is 1. The second-order valence-corrected chi connectivity index (χ2v) is 15.6. The molecule has 0 radical (unpaired) electrons. The predicted molar refractivity (Wildman–Crippen MR) is 186 cm³/mol. The number of pyridine rings is 1. The minimum atomic E-state index is -0.751. The number of carbonyl (C=O) groups is 3. The summed E-state index contributed by atoms with van der Waals surface area (Å²) < 4.78 is 26.8. The van der Waals surface area contributed by atoms with Crippen molar-refractivity contribution < 1.29 is 28.2 Å². The van der Waals surface area contributed by atoms with Crippen molar-refractivity contribution in [3.05, 3.63) is 58.8 Å². The highest BCUT2D eigenvalue weighted by atomic mass is 19.1. The quantitative estimate of drug-likeness (QED) is 0.396. The summed E-state index contributed by atoms with van der Waals surface area (Å²) in [4.78, 5) is 52.7. The maximum atomic E-state index is 14.5. The number of ether oxygens (including phenoxy) is 2. The van der Waals surface area contributed by atoms with Gasteiger partial charge in [0.1, 0.15) is 11.4 Å². The Balaban J connectivity index is 1.33. The van der Waals surface area contributed by atoms with Crippen LogP contribution in [0.1, 0.15) is 75.9 Å². The molecule has 3 amide bonds. The summed E-state index contributed by atoms with van der Waals surface area (Å²) in [5, 5.41) is 4.51. The van der Waals surface area contributed by atoms with Crippen LogP contribution in [0.15, 0.2) is 30.3 Å². The SMILES string of the molecule is C[C@@H]1COCCN1C[C@H]1CN(C(=O)OC(C)(C)C)[C@H](C)CN1CC(=O)N1CC(C)(C)c2c1cc(Cc1ccc(F)cc1)c1nc(C(N)=O)nn21. The van der Waals surface area contributed by atoms with Gasteiger partial charge >= 0.3 is 6.09 Å². The topological polar surface area (TPSA) is 139 Å². The first-order chi connectivity index (χ1) is 23.5. The van der Waals surface area contributed by atoms with Crippen LogP contribution >= 0.6 is 0 Å². The molecule has 0 bridgehead atoms. The zero-order valence-electron chi connectivity index (χ0n) is 30.1. The van der Waals surface area contributed by atoms with Gasteiger partial charge in [0.15, 0.2) is 5.65 Å². The van der Waals surface area contributed by atoms with Crippen LogP contribution in [-0.4, -0.2) is 123 Å². The Kier molecular flexibility index (Phi) is 9.66. The van der Waals surface area contributed by atoms with Crippen molar-refractivity contribution in [2.24, 2.45) is 5.73 Å². The van der Waals surface area contributed by atoms with Crippen molar-refractivity contribution in [3.63, 3.8) is 0 Å². The zero-order valence-corrected chi connectivity index (χ0v) is 30.1. The van der Waals surface area contributed by atoms with Gasteiger partial charge in [-0.1, -0.05) is 26.0 Å². The minimum Gasteiger partial charge on any atom is -0.444 e. The van der Waals surface area contributed by atoms with Gasteiger partial charge in [0.05, 0.1) is 31.1 Å². The van der Waals surface area contributed by atoms with Crippen LogP contribution in [-0.2, 0) is 26.1 Å². The van der Waals surface area contributed by atoms with Gasteiger partial charge < -0.3 is 25.0 Å². The number of amides is 3. The van der Waals surface area contributed by atoms with Crippen LogP contribution in [0.2, 0.25) is 0 Å². The fraction of sp³-hybridized carbons (Fsp3) is 0.583. The van der Waals surface area contributed by atoms with Gasteiger partial charge in [0.25, 0.3) is 5.91 Å². The summed E-state index contributed by atoms with van der Waals surface area (Å²) in [5.74, 6) is -1.29. The number of rotatable bonds is 7. The number of nitrogens with two attached hydrogens (primary N) is 1. The van der Waals surface area contributed by atoms with E-state index in [1.165, 1.54) is 12.1 Å². The van der Waals surface area contributed by atoms with E-state index in [0.717, 1.165) is 23.4 Å². The highest BCUT2D eigenvalue weighted by Crippen LogP contribution is 2.42. The van der Waals surface area contributed by atoms with Crippen molar-refractivity contribution in [1.29, 1.82) is 0 Å². The molecule has 3 aromatic rings. The van der Waals surface area contributed by atoms with Gasteiger partial charge in [-0.3, -0.25) is 19.4 Å². The number of carbonyl (C=O) groups excluding carboxylic acids is 3. The third kappa shape index (κ3) is 7.33. The highest BCUT2D eigenvalue weighted by Gasteiger charge is 2.44. The molecule has 3 aliphatic heterocycles. The van der Waals surface area contributed by atoms with Gasteiger partial charge in [-0.2, -0.15) is 0 Å². The Morgan fingerprint density at radius 3 is 2.46 bits per heavy atom. The Hall–Kier alpha value is -4.14. The summed E-state index contributed by atoms with van der Waals surface area (Å²) in [5.41, 5.74) is 7.92. The number of benzene rings is 1. The number of fused-ring (bicyclic) bond motifs is 3. The van der Waals surface area contributed by atoms with Crippen molar-refractivity contribution >= 4 is 29.2 Å². The molecule has 3 atom stereocenters. The summed E-state index contributed by atoms with van der Waals surface area (Å²) in [7, 11) is 0. The molecular weight excluding hydrogens is 643 g/mol. The zero-order chi connectivity index (χ0) is 36.1. The lowest BCUT2D eigenvalue weighted by Gasteiger charge is -2.47. The number of morpholine rings is 1. The lowest BCUT2D eigenvalue weighted by atomic mass is 9.90. The molecule has 13 nitrogen and oxygen atoms in total. The first-order valence-corrected chi connectivity index (χ1v) is 17.3. The van der Waals surface area contributed by atoms with Crippen molar-refractivity contribution in [2.75, 3.05) is 57.4 Å². The summed E-state index contributed by atoms with van der Waals surface area (Å²) in [6, 6.07) is 8.04. The van der Waals surface area contributed by atoms with E-state index in [0.29, 0.717) is 57.1 Å². The van der Waals surface area contributed by atoms with Crippen LogP contribution in [0.25, 0.3) is 5.65 Å². The van der Waals surface area contributed by atoms with E-state index in [2.05, 4.69) is 26.8 Å². The Labute approximate surface area is 292 Å². The number of nitrogens with zero attached hydrogens (tertiary/aromatic N) is 7. The minimum absolute atomic E-state index is 0.0860. The van der Waals surface area contributed by atoms with Crippen molar-refractivity contribution in [2.45, 2.75) is 84.0 Å². The molecule has 1 aromatic carbocycles. The van der Waals surface area contributed by atoms with Crippen LogP contribution in [0.5, 0.6) is 0 Å². The van der Waals surface area contributed by atoms with Crippen LogP contribution in [0.4, 0.5) is 14.9 Å². The molecular formula is C36H49FN8O5. The average molecular weight is 693 g/mol. The Morgan fingerprint density at radius 1 is 1.08 bits per heavy atom. The number of aromatic nitrogens is 3. The third-order valence-electron chi connectivity index (χ3n) is 9.85. The van der Waals surface area contributed by atoms with Gasteiger partial charge in [-0.25, -0.2) is 18.7 Å². The third-order valence-corrected chi connectivity index (χ3v) is 9.85. The average Bonchev–Trinajstić information content (AvgIpc) is 3.59. The lowest BCUT2D eigenvalue weighted by molar-refractivity contribution is -0.121. The van der Waals surface area contributed by atoms with E-state index in [1.807, 2.05) is 47.6 Å². The van der Waals surface area contributed by atoms with Gasteiger partial charge in [-0.15, -0.1) is 5.10 Å². The van der Waals surface area contributed by atoms with Crippen molar-refractivity contribution in [1.82, 2.24) is 29.3 Å². The first kappa shape index (κ1) is 35.7. The number of piperazine rings is 1. The van der Waals surface area contributed by atoms with Crippen LogP contribution in [0, 0.1) is 5.82 Å². The number of halogens is 1. The molecule has 6 rings (SSSR count). The highest BCUT2D eigenvalue weighted by molar-refractivity contribution is 5.98. The van der Waals surface area contributed by atoms with Gasteiger partial charge in [0, 0.05) is 68.2 Å². The predicted octanol–water partition coefficient (Wildman–Crippen LogP) is 3.21. The standard InChI is InChI=1S/C36H49FN8O5/c1-22-16-42(27(17-41-12-13-49-20-23(41)2)18-43(22)34(48)50-35(3,4)5)19-29(46)44-21-36(6,7)30-28(44)15-25(14-24-8-10-26(37)11-9-24)33-39-32(31(38)47)40-45(30)33/h8-11,15,22-23,27H,12-14,16-21H2,1-7H3,(H2,38,47)/t22-,23-,27+/m1/s1. The van der Waals surface area contributed by atoms with E-state index in [-0.39, 0.29) is 48.3 Å². The summed E-state index contributed by atoms with van der Waals surface area (Å²) >= 11 is 0. The van der Waals surface area contributed by atoms with Crippen LogP contribution in [0.3, 0.4) is 0 Å². The molecule has 2 aromatic heterocycles. The van der Waals surface area contributed by atoms with Crippen molar-refractivity contribution in [3.8, 4) is 0 Å². The van der Waals surface area contributed by atoms with E-state index in [4.69, 9.17) is 15.2 Å². The van der Waals surface area contributed by atoms with E-state index >= 15 is 0 Å². The molecule has 5 heterocycles. The lowest BCUT2D eigenvalue weighted by Crippen LogP contribution is -2.64. The monoisotopic (exact) mass is 692 g/mol. The molecule has 0 aliphatic carbocycles. The molecule has 3 aliphatic rings. The summed E-state index contributed by atoms with van der Waals surface area (Å²) in [6.07, 6.45) is 0.0208. The molecule has 2 N–H and O–H groups in total. The normalized spacial score (nSPS) is 22.9. The molecule has 50 heavy (non-hydrogen) atoms. The largest absolute Gasteiger partial charge is 0.444 e. The smallest absolute Gasteiger partial charge is 0.410 e. The molecule has 0 saturated carbocycles. The van der Waals surface area contributed by atoms with Gasteiger partial charge in [0.2, 0.25) is 11.7 Å². The Bertz CT molecular complexity index is 1770. The molecule has 14 heteroatoms. The first-order valence-electron chi connectivity index (χ1n) is 17.3. The molecule has 2 saturated heterocycles. The molecule has 270 valence electrons.